The van der Waals surface area contributed by atoms with Crippen LogP contribution in [-0.2, 0) is 0 Å². The number of benzene rings is 6. The first-order chi connectivity index (χ1) is 34.9. The maximum absolute atomic E-state index is 9.46. The highest BCUT2D eigenvalue weighted by Crippen LogP contribution is 2.41. The van der Waals surface area contributed by atoms with Crippen molar-refractivity contribution in [2.45, 2.75) is 0 Å². The average Bonchev–Trinajstić information content (AvgIpc) is 3.69. The molecule has 6 aromatic carbocycles. The summed E-state index contributed by atoms with van der Waals surface area (Å²) in [6, 6.07) is -25.3. The normalized spacial score (nSPS) is 19.7. The van der Waals surface area contributed by atoms with Crippen LogP contribution in [0.4, 0.5) is 0 Å². The maximum atomic E-state index is 9.46. The molecule has 47 heavy (non-hydrogen) atoms. The summed E-state index contributed by atoms with van der Waals surface area (Å²) >= 11 is 0. The summed E-state index contributed by atoms with van der Waals surface area (Å²) in [5, 5.41) is -2.37. The summed E-state index contributed by atoms with van der Waals surface area (Å²) in [4.78, 5) is 8.42. The van der Waals surface area contributed by atoms with Crippen LogP contribution in [0, 0.1) is 0 Å². The zero-order chi connectivity index (χ0) is 55.5. The third-order valence-electron chi connectivity index (χ3n) is 6.94. The number of hydrogen-bond acceptors (Lipinski definition) is 3. The highest BCUT2D eigenvalue weighted by atomic mass is 16.3. The van der Waals surface area contributed by atoms with Crippen LogP contribution in [0.25, 0.3) is 88.7 Å². The van der Waals surface area contributed by atoms with Crippen LogP contribution >= 0.6 is 0 Å². The standard InChI is InChI=1S/C44H28N2O/c1-3-10-31(11-4-1)41-28-39(44(47-41)34-12-5-2-6-13-34)30-19-17-29(18-20-30)35-24-25-38(37-16-8-7-15-36(35)37)40-26-23-33-22-21-32-14-9-27-45-42(32)43(33)46-40/h1-28H/i1D,2D,3D,4D,5D,6D,7D,8D,9D,10D,11D,12D,13D,14D,15D,16D,17D,18D,19D,20D,21D,22D,23D,24D,25D,26D,27D,28D. The minimum Gasteiger partial charge on any atom is -0.455 e. The van der Waals surface area contributed by atoms with Crippen molar-refractivity contribution in [3.8, 4) is 56.2 Å². The molecule has 0 spiro atoms. The third kappa shape index (κ3) is 4.77. The van der Waals surface area contributed by atoms with Gasteiger partial charge in [0, 0.05) is 39.2 Å². The van der Waals surface area contributed by atoms with E-state index in [-0.39, 0.29) is 0 Å². The molecule has 0 saturated heterocycles. The second-order valence-corrected chi connectivity index (χ2v) is 9.64. The molecule has 0 amide bonds. The Bertz CT molecular complexity index is 4080. The lowest BCUT2D eigenvalue weighted by Crippen LogP contribution is -1.91. The minimum atomic E-state index is -1.13. The fourth-order valence-electron chi connectivity index (χ4n) is 4.84. The summed E-state index contributed by atoms with van der Waals surface area (Å²) in [6.45, 7) is 0. The zero-order valence-electron chi connectivity index (χ0n) is 51.3. The molecular formula is C44H28N2O. The summed E-state index contributed by atoms with van der Waals surface area (Å²) in [5.74, 6) is -1.78. The van der Waals surface area contributed by atoms with Gasteiger partial charge in [0.2, 0.25) is 0 Å². The van der Waals surface area contributed by atoms with E-state index in [1.54, 1.807) is 0 Å². The molecule has 3 aromatic heterocycles. The molecule has 0 aliphatic heterocycles. The van der Waals surface area contributed by atoms with E-state index >= 15 is 0 Å². The van der Waals surface area contributed by atoms with Gasteiger partial charge in [-0.25, -0.2) is 4.98 Å². The summed E-state index contributed by atoms with van der Waals surface area (Å²) < 4.78 is 252. The fraction of sp³-hybridized carbons (Fsp3) is 0. The number of furan rings is 1. The molecule has 9 rings (SSSR count). The second kappa shape index (κ2) is 11.2. The Morgan fingerprint density at radius 3 is 1.79 bits per heavy atom. The van der Waals surface area contributed by atoms with Crippen LogP contribution in [-0.4, -0.2) is 9.97 Å². The Morgan fingerprint density at radius 2 is 1.04 bits per heavy atom. The van der Waals surface area contributed by atoms with Gasteiger partial charge in [-0.05, 0) is 45.6 Å². The highest BCUT2D eigenvalue weighted by Gasteiger charge is 2.17. The first-order valence-corrected chi connectivity index (χ1v) is 13.6. The number of rotatable bonds is 5. The molecule has 0 fully saturated rings. The minimum absolute atomic E-state index is 0.441. The Labute approximate surface area is 311 Å². The summed E-state index contributed by atoms with van der Waals surface area (Å²) in [7, 11) is 0. The van der Waals surface area contributed by atoms with E-state index in [9.17, 15) is 9.60 Å². The van der Waals surface area contributed by atoms with Crippen molar-refractivity contribution in [1.29, 1.82) is 0 Å². The maximum Gasteiger partial charge on any atom is 0.142 e. The zero-order valence-corrected chi connectivity index (χ0v) is 23.3. The van der Waals surface area contributed by atoms with Crippen LogP contribution < -0.4 is 0 Å². The number of pyridine rings is 2. The third-order valence-corrected chi connectivity index (χ3v) is 6.94. The Hall–Kier alpha value is -6.32. The molecule has 220 valence electrons. The second-order valence-electron chi connectivity index (χ2n) is 9.64. The molecule has 3 heterocycles. The average molecular weight is 629 g/mol. The highest BCUT2D eigenvalue weighted by molar-refractivity contribution is 6.07. The molecule has 0 N–H and O–H groups in total. The van der Waals surface area contributed by atoms with Gasteiger partial charge in [0.1, 0.15) is 11.5 Å². The van der Waals surface area contributed by atoms with Gasteiger partial charge in [-0.1, -0.05) is 145 Å². The number of aromatic nitrogens is 2. The van der Waals surface area contributed by atoms with Crippen molar-refractivity contribution in [1.82, 2.24) is 9.97 Å². The van der Waals surface area contributed by atoms with Crippen molar-refractivity contribution in [3.05, 3.63) is 169 Å². The Kier molecular flexibility index (Phi) is 2.60. The summed E-state index contributed by atoms with van der Waals surface area (Å²) in [6.07, 6.45) is -0.772. The van der Waals surface area contributed by atoms with Crippen molar-refractivity contribution in [3.63, 3.8) is 0 Å². The largest absolute Gasteiger partial charge is 0.455 e. The molecule has 3 heteroatoms. The van der Waals surface area contributed by atoms with Gasteiger partial charge in [0.25, 0.3) is 0 Å². The molecule has 0 radical (unpaired) electrons. The Balaban J connectivity index is 1.42. The van der Waals surface area contributed by atoms with Crippen LogP contribution in [0.1, 0.15) is 38.4 Å². The smallest absolute Gasteiger partial charge is 0.142 e. The molecule has 0 aliphatic rings. The lowest BCUT2D eigenvalue weighted by molar-refractivity contribution is 0.598. The predicted molar refractivity (Wildman–Crippen MR) is 194 cm³/mol. The molecule has 0 saturated carbocycles. The van der Waals surface area contributed by atoms with E-state index in [0.717, 1.165) is 0 Å². The van der Waals surface area contributed by atoms with Gasteiger partial charge in [-0.2, -0.15) is 0 Å². The van der Waals surface area contributed by atoms with Gasteiger partial charge in [0.15, 0.2) is 0 Å². The van der Waals surface area contributed by atoms with Gasteiger partial charge >= 0.3 is 0 Å². The SMILES string of the molecule is [2H]c1nc2c(c([2H])c1[2H])c([2H])c([2H])c1c([2H])c([2H])c(-c3c([2H])c([2H])c(-c4c([2H])c([2H])c(-c5c(-c6c([2H])c([2H])c([2H])c([2H])c6[2H])oc(-c6c([2H])c([2H])c([2H])c([2H])c6[2H])c5[2H])c([2H])c4[2H])c4c([2H])c([2H])c([2H])c([2H])c34)nc12. The Morgan fingerprint density at radius 1 is 0.447 bits per heavy atom. The number of fused-ring (bicyclic) bond motifs is 4. The van der Waals surface area contributed by atoms with Crippen LogP contribution in [0.15, 0.2) is 174 Å². The van der Waals surface area contributed by atoms with Crippen LogP contribution in [0.2, 0.25) is 0 Å². The van der Waals surface area contributed by atoms with Crippen LogP contribution in [0.5, 0.6) is 0 Å². The molecule has 0 atom stereocenters. The van der Waals surface area contributed by atoms with Crippen molar-refractivity contribution in [2.75, 3.05) is 0 Å². The number of hydrogen-bond donors (Lipinski definition) is 0. The van der Waals surface area contributed by atoms with E-state index in [0.29, 0.717) is 0 Å². The molecule has 0 bridgehead atoms. The van der Waals surface area contributed by atoms with E-state index in [2.05, 4.69) is 9.97 Å². The van der Waals surface area contributed by atoms with Crippen molar-refractivity contribution >= 4 is 32.6 Å². The molecule has 3 nitrogen and oxygen atoms in total. The van der Waals surface area contributed by atoms with Gasteiger partial charge in [-0.15, -0.1) is 0 Å². The number of nitrogens with zero attached hydrogens (tertiary/aromatic N) is 2. The van der Waals surface area contributed by atoms with Crippen LogP contribution in [0.3, 0.4) is 0 Å². The monoisotopic (exact) mass is 628 g/mol. The van der Waals surface area contributed by atoms with E-state index in [1.165, 1.54) is 0 Å². The van der Waals surface area contributed by atoms with Crippen molar-refractivity contribution in [2.24, 2.45) is 0 Å². The quantitative estimate of drug-likeness (QED) is 0.178. The van der Waals surface area contributed by atoms with E-state index in [1.807, 2.05) is 0 Å². The molecule has 0 unspecified atom stereocenters. The van der Waals surface area contributed by atoms with Gasteiger partial charge in [0.05, 0.1) is 55.1 Å². The molecule has 0 aliphatic carbocycles. The van der Waals surface area contributed by atoms with Gasteiger partial charge < -0.3 is 4.42 Å². The first-order valence-electron chi connectivity index (χ1n) is 27.6. The predicted octanol–water partition coefficient (Wildman–Crippen LogP) is 11.9. The van der Waals surface area contributed by atoms with Gasteiger partial charge in [-0.3, -0.25) is 4.98 Å². The topological polar surface area (TPSA) is 38.9 Å². The lowest BCUT2D eigenvalue weighted by Gasteiger charge is -2.13. The van der Waals surface area contributed by atoms with E-state index in [4.69, 9.17) is 33.2 Å². The van der Waals surface area contributed by atoms with E-state index < -0.39 is 258 Å². The molecule has 9 aromatic rings. The van der Waals surface area contributed by atoms with Crippen molar-refractivity contribution < 1.29 is 42.8 Å². The first kappa shape index (κ1) is 10.9. The lowest BCUT2D eigenvalue weighted by atomic mass is 9.92. The molecular weight excluding hydrogens is 572 g/mol. The summed E-state index contributed by atoms with van der Waals surface area (Å²) in [5.41, 5.74) is -7.45. The fourth-order valence-corrected chi connectivity index (χ4v) is 4.84.